The topological polar surface area (TPSA) is 110 Å². The highest BCUT2D eigenvalue weighted by Gasteiger charge is 2.24. The quantitative estimate of drug-likeness (QED) is 0.245. The summed E-state index contributed by atoms with van der Waals surface area (Å²) in [7, 11) is 1.14. The van der Waals surface area contributed by atoms with Crippen molar-refractivity contribution in [2.24, 2.45) is 0 Å². The maximum Gasteiger partial charge on any atom is 0.415 e. The van der Waals surface area contributed by atoms with E-state index in [0.717, 1.165) is 34.0 Å². The van der Waals surface area contributed by atoms with E-state index in [1.165, 1.54) is 18.3 Å². The Kier molecular flexibility index (Phi) is 6.58. The Morgan fingerprint density at radius 2 is 1.64 bits per heavy atom. The molecule has 208 valence electrons. The number of aryl methyl sites for hydroxylation is 1. The average molecular weight is 562 g/mol. The zero-order valence-corrected chi connectivity index (χ0v) is 22.7. The molecule has 0 aliphatic rings. The SMILES string of the molecule is Cc1nc2cnccc2n1Cc1ccc(C(=O)c2cn(C(=O)N(C)C(=O)O)c3cc(-c4ccc(F)cc4)ccc23)cc1. The van der Waals surface area contributed by atoms with Crippen LogP contribution in [0.25, 0.3) is 33.1 Å². The number of hydrogen-bond acceptors (Lipinski definition) is 5. The van der Waals surface area contributed by atoms with Gasteiger partial charge in [-0.1, -0.05) is 48.5 Å². The van der Waals surface area contributed by atoms with Crippen molar-refractivity contribution >= 4 is 39.8 Å². The number of carbonyl (C=O) groups excluding carboxylic acids is 2. The number of pyridine rings is 1. The van der Waals surface area contributed by atoms with Gasteiger partial charge in [-0.05, 0) is 47.9 Å². The highest BCUT2D eigenvalue weighted by atomic mass is 19.1. The van der Waals surface area contributed by atoms with Crippen LogP contribution in [0.4, 0.5) is 14.0 Å². The van der Waals surface area contributed by atoms with Gasteiger partial charge in [-0.3, -0.25) is 14.3 Å². The molecule has 1 N–H and O–H groups in total. The molecular weight excluding hydrogens is 537 g/mol. The van der Waals surface area contributed by atoms with Crippen LogP contribution in [0.5, 0.6) is 0 Å². The Morgan fingerprint density at radius 3 is 2.36 bits per heavy atom. The van der Waals surface area contributed by atoms with Crippen LogP contribution in [0.15, 0.2) is 91.4 Å². The first-order valence-electron chi connectivity index (χ1n) is 13.0. The number of benzene rings is 3. The average Bonchev–Trinajstić information content (AvgIpc) is 3.53. The fourth-order valence-corrected chi connectivity index (χ4v) is 5.03. The van der Waals surface area contributed by atoms with Crippen molar-refractivity contribution in [3.63, 3.8) is 0 Å². The third kappa shape index (κ3) is 4.68. The monoisotopic (exact) mass is 561 g/mol. The van der Waals surface area contributed by atoms with E-state index in [1.54, 1.807) is 54.9 Å². The minimum absolute atomic E-state index is 0.250. The van der Waals surface area contributed by atoms with E-state index >= 15 is 0 Å². The molecule has 2 amide bonds. The molecule has 0 spiro atoms. The first kappa shape index (κ1) is 26.6. The predicted molar refractivity (Wildman–Crippen MR) is 155 cm³/mol. The Hall–Kier alpha value is -5.64. The summed E-state index contributed by atoms with van der Waals surface area (Å²) in [6.45, 7) is 2.49. The molecule has 0 saturated carbocycles. The van der Waals surface area contributed by atoms with Crippen LogP contribution in [-0.4, -0.2) is 54.1 Å². The fourth-order valence-electron chi connectivity index (χ4n) is 5.03. The molecule has 0 aliphatic heterocycles. The molecule has 0 unspecified atom stereocenters. The second kappa shape index (κ2) is 10.4. The first-order chi connectivity index (χ1) is 20.2. The standard InChI is InChI=1S/C32H24FN5O4/c1-19-35-27-16-34-14-13-28(27)37(19)17-20-3-5-22(6-4-20)30(39)26-18-38(31(40)36(2)32(41)42)29-15-23(9-12-25(26)29)21-7-10-24(33)11-8-21/h3-16,18H,17H2,1-2H3,(H,41,42). The summed E-state index contributed by atoms with van der Waals surface area (Å²) in [6, 6.07) is 19.3. The van der Waals surface area contributed by atoms with Gasteiger partial charge in [-0.25, -0.2) is 23.9 Å². The van der Waals surface area contributed by atoms with E-state index in [2.05, 4.69) is 14.5 Å². The third-order valence-electron chi connectivity index (χ3n) is 7.31. The summed E-state index contributed by atoms with van der Waals surface area (Å²) < 4.78 is 16.7. The summed E-state index contributed by atoms with van der Waals surface area (Å²) in [4.78, 5) is 47.6. The van der Waals surface area contributed by atoms with Crippen LogP contribution in [0.1, 0.15) is 27.3 Å². The van der Waals surface area contributed by atoms with Crippen LogP contribution < -0.4 is 0 Å². The molecule has 10 heteroatoms. The molecule has 0 atom stereocenters. The van der Waals surface area contributed by atoms with Crippen LogP contribution in [0.3, 0.4) is 0 Å². The molecule has 42 heavy (non-hydrogen) atoms. The smallest absolute Gasteiger partial charge is 0.415 e. The van der Waals surface area contributed by atoms with Crippen molar-refractivity contribution in [1.29, 1.82) is 0 Å². The lowest BCUT2D eigenvalue weighted by Gasteiger charge is -2.12. The van der Waals surface area contributed by atoms with Gasteiger partial charge in [0.25, 0.3) is 0 Å². The van der Waals surface area contributed by atoms with Gasteiger partial charge < -0.3 is 9.67 Å². The second-order valence-electron chi connectivity index (χ2n) is 9.91. The maximum atomic E-state index is 13.7. The van der Waals surface area contributed by atoms with E-state index in [0.29, 0.717) is 39.0 Å². The minimum Gasteiger partial charge on any atom is -0.465 e. The van der Waals surface area contributed by atoms with Crippen molar-refractivity contribution in [1.82, 2.24) is 24.0 Å². The van der Waals surface area contributed by atoms with E-state index in [-0.39, 0.29) is 17.2 Å². The van der Waals surface area contributed by atoms with Gasteiger partial charge in [0.1, 0.15) is 17.2 Å². The number of amides is 2. The normalized spacial score (nSPS) is 11.2. The number of hydrogen-bond donors (Lipinski definition) is 1. The third-order valence-corrected chi connectivity index (χ3v) is 7.31. The highest BCUT2D eigenvalue weighted by molar-refractivity contribution is 6.18. The number of fused-ring (bicyclic) bond motifs is 2. The van der Waals surface area contributed by atoms with Crippen LogP contribution in [0.2, 0.25) is 0 Å². The number of nitrogens with zero attached hydrogens (tertiary/aromatic N) is 5. The van der Waals surface area contributed by atoms with Gasteiger partial charge in [0.2, 0.25) is 0 Å². The summed E-state index contributed by atoms with van der Waals surface area (Å²) in [5.41, 5.74) is 5.13. The lowest BCUT2D eigenvalue weighted by atomic mass is 9.99. The van der Waals surface area contributed by atoms with Crippen molar-refractivity contribution in [2.45, 2.75) is 13.5 Å². The van der Waals surface area contributed by atoms with Gasteiger partial charge in [-0.2, -0.15) is 0 Å². The minimum atomic E-state index is -1.43. The molecule has 6 aromatic rings. The van der Waals surface area contributed by atoms with E-state index in [9.17, 15) is 23.9 Å². The van der Waals surface area contributed by atoms with E-state index < -0.39 is 12.1 Å². The number of aromatic nitrogens is 4. The molecular formula is C32H24FN5O4. The second-order valence-corrected chi connectivity index (χ2v) is 9.91. The van der Waals surface area contributed by atoms with Gasteiger partial charge in [0, 0.05) is 42.5 Å². The Bertz CT molecular complexity index is 2010. The van der Waals surface area contributed by atoms with Crippen LogP contribution in [-0.2, 0) is 6.54 Å². The molecule has 0 bridgehead atoms. The van der Waals surface area contributed by atoms with Gasteiger partial charge >= 0.3 is 12.1 Å². The molecule has 3 aromatic heterocycles. The highest BCUT2D eigenvalue weighted by Crippen LogP contribution is 2.30. The van der Waals surface area contributed by atoms with Crippen molar-refractivity contribution < 1.29 is 23.9 Å². The molecule has 0 saturated heterocycles. The predicted octanol–water partition coefficient (Wildman–Crippen LogP) is 6.36. The van der Waals surface area contributed by atoms with Crippen LogP contribution in [0, 0.1) is 12.7 Å². The Labute approximate surface area is 239 Å². The van der Waals surface area contributed by atoms with Crippen molar-refractivity contribution in [2.75, 3.05) is 7.05 Å². The Morgan fingerprint density at radius 1 is 0.929 bits per heavy atom. The largest absolute Gasteiger partial charge is 0.465 e. The number of carbonyl (C=O) groups is 3. The van der Waals surface area contributed by atoms with E-state index in [4.69, 9.17) is 0 Å². The summed E-state index contributed by atoms with van der Waals surface area (Å²) in [5.74, 6) is 0.147. The molecule has 0 radical (unpaired) electrons. The van der Waals surface area contributed by atoms with Gasteiger partial charge in [-0.15, -0.1) is 0 Å². The number of ketones is 1. The number of rotatable bonds is 5. The lowest BCUT2D eigenvalue weighted by Crippen LogP contribution is -2.34. The molecule has 3 heterocycles. The van der Waals surface area contributed by atoms with Crippen molar-refractivity contribution in [3.05, 3.63) is 120 Å². The zero-order valence-electron chi connectivity index (χ0n) is 22.7. The maximum absolute atomic E-state index is 13.7. The first-order valence-corrected chi connectivity index (χ1v) is 13.0. The number of imide groups is 1. The number of halogens is 1. The molecule has 9 nitrogen and oxygen atoms in total. The summed E-state index contributed by atoms with van der Waals surface area (Å²) >= 11 is 0. The number of carboxylic acid groups (broad SMARTS) is 1. The number of imidazole rings is 1. The molecule has 6 rings (SSSR count). The van der Waals surface area contributed by atoms with Crippen LogP contribution >= 0.6 is 0 Å². The fraction of sp³-hybridized carbons (Fsp3) is 0.0938. The Balaban J connectivity index is 1.37. The summed E-state index contributed by atoms with van der Waals surface area (Å²) in [6.07, 6.45) is 3.38. The van der Waals surface area contributed by atoms with E-state index in [1.807, 2.05) is 25.1 Å². The zero-order chi connectivity index (χ0) is 29.5. The molecule has 3 aromatic carbocycles. The summed E-state index contributed by atoms with van der Waals surface area (Å²) in [5, 5.41) is 9.89. The van der Waals surface area contributed by atoms with Gasteiger partial charge in [0.15, 0.2) is 5.78 Å². The molecule has 0 fully saturated rings. The van der Waals surface area contributed by atoms with Gasteiger partial charge in [0.05, 0.1) is 17.2 Å². The van der Waals surface area contributed by atoms with Crippen molar-refractivity contribution in [3.8, 4) is 11.1 Å². The molecule has 0 aliphatic carbocycles. The lowest BCUT2D eigenvalue weighted by molar-refractivity contribution is 0.104.